The quantitative estimate of drug-likeness (QED) is 0.921. The molecule has 0 aliphatic rings. The van der Waals surface area contributed by atoms with Crippen molar-refractivity contribution in [2.24, 2.45) is 0 Å². The first kappa shape index (κ1) is 12.2. The van der Waals surface area contributed by atoms with Crippen LogP contribution in [0.4, 0.5) is 4.39 Å². The third kappa shape index (κ3) is 2.53. The Labute approximate surface area is 107 Å². The maximum absolute atomic E-state index is 13.5. The Morgan fingerprint density at radius 3 is 2.76 bits per heavy atom. The lowest BCUT2D eigenvalue weighted by molar-refractivity contribution is 0.214. The summed E-state index contributed by atoms with van der Waals surface area (Å²) in [5.41, 5.74) is 1.89. The van der Waals surface area contributed by atoms with E-state index in [1.165, 1.54) is 12.3 Å². The predicted octanol–water partition coefficient (Wildman–Crippen LogP) is 3.37. The molecule has 0 saturated carbocycles. The van der Waals surface area contributed by atoms with Gasteiger partial charge in [-0.15, -0.1) is 0 Å². The van der Waals surface area contributed by atoms with Crippen LogP contribution in [0.2, 0.25) is 0 Å². The predicted molar refractivity (Wildman–Crippen MR) is 67.1 cm³/mol. The lowest BCUT2D eigenvalue weighted by Gasteiger charge is -2.14. The molecule has 0 fully saturated rings. The van der Waals surface area contributed by atoms with Crippen molar-refractivity contribution in [2.75, 3.05) is 0 Å². The van der Waals surface area contributed by atoms with Crippen LogP contribution in [0, 0.1) is 12.7 Å². The number of halogens is 2. The van der Waals surface area contributed by atoms with E-state index in [9.17, 15) is 9.50 Å². The Morgan fingerprint density at radius 2 is 2.06 bits per heavy atom. The highest BCUT2D eigenvalue weighted by molar-refractivity contribution is 9.10. The molecule has 1 aromatic heterocycles. The Hall–Kier alpha value is -1.26. The van der Waals surface area contributed by atoms with Crippen LogP contribution < -0.4 is 0 Å². The number of hydrogen-bond donors (Lipinski definition) is 1. The minimum atomic E-state index is -0.993. The summed E-state index contributed by atoms with van der Waals surface area (Å²) < 4.78 is 14.3. The average molecular weight is 296 g/mol. The maximum atomic E-state index is 13.5. The topological polar surface area (TPSA) is 33.1 Å². The average Bonchev–Trinajstić information content (AvgIpc) is 2.32. The van der Waals surface area contributed by atoms with Crippen molar-refractivity contribution in [1.82, 2.24) is 4.98 Å². The van der Waals surface area contributed by atoms with Gasteiger partial charge in [-0.1, -0.05) is 33.6 Å². The van der Waals surface area contributed by atoms with Crippen LogP contribution in [0.1, 0.15) is 22.8 Å². The Bertz CT molecular complexity index is 545. The van der Waals surface area contributed by atoms with E-state index in [0.717, 1.165) is 16.2 Å². The Balaban J connectivity index is 2.47. The molecule has 1 heterocycles. The molecule has 1 aromatic carbocycles. The van der Waals surface area contributed by atoms with E-state index in [0.29, 0.717) is 5.56 Å². The molecule has 0 aliphatic heterocycles. The van der Waals surface area contributed by atoms with Crippen LogP contribution in [0.25, 0.3) is 0 Å². The summed E-state index contributed by atoms with van der Waals surface area (Å²) in [7, 11) is 0. The number of pyridine rings is 1. The minimum Gasteiger partial charge on any atom is -0.384 e. The number of aryl methyl sites for hydroxylation is 1. The van der Waals surface area contributed by atoms with Crippen LogP contribution in [-0.4, -0.2) is 10.1 Å². The molecule has 88 valence electrons. The van der Waals surface area contributed by atoms with Crippen molar-refractivity contribution < 1.29 is 9.50 Å². The number of hydrogen-bond acceptors (Lipinski definition) is 2. The van der Waals surface area contributed by atoms with Crippen LogP contribution in [0.3, 0.4) is 0 Å². The molecule has 0 radical (unpaired) electrons. The van der Waals surface area contributed by atoms with Crippen molar-refractivity contribution >= 4 is 15.9 Å². The monoisotopic (exact) mass is 295 g/mol. The number of rotatable bonds is 2. The second-order valence-corrected chi connectivity index (χ2v) is 4.68. The summed E-state index contributed by atoms with van der Waals surface area (Å²) in [4.78, 5) is 3.66. The highest BCUT2D eigenvalue weighted by Gasteiger charge is 2.17. The number of aliphatic hydroxyl groups is 1. The first-order valence-corrected chi connectivity index (χ1v) is 5.92. The molecule has 0 saturated heterocycles. The second-order valence-electron chi connectivity index (χ2n) is 3.82. The molecule has 1 unspecified atom stereocenters. The fourth-order valence-electron chi connectivity index (χ4n) is 1.65. The van der Waals surface area contributed by atoms with Crippen molar-refractivity contribution in [3.05, 3.63) is 63.6 Å². The van der Waals surface area contributed by atoms with Crippen molar-refractivity contribution in [1.29, 1.82) is 0 Å². The second kappa shape index (κ2) is 4.94. The Kier molecular flexibility index (Phi) is 3.54. The number of aliphatic hydroxyl groups excluding tert-OH is 1. The van der Waals surface area contributed by atoms with Gasteiger partial charge in [0.2, 0.25) is 0 Å². The molecule has 1 N–H and O–H groups in total. The molecular weight excluding hydrogens is 285 g/mol. The maximum Gasteiger partial charge on any atom is 0.147 e. The minimum absolute atomic E-state index is 0.228. The molecule has 0 bridgehead atoms. The van der Waals surface area contributed by atoms with Crippen LogP contribution in [-0.2, 0) is 0 Å². The fourth-order valence-corrected chi connectivity index (χ4v) is 2.11. The first-order chi connectivity index (χ1) is 8.09. The largest absolute Gasteiger partial charge is 0.384 e. The Morgan fingerprint density at radius 1 is 1.29 bits per heavy atom. The van der Waals surface area contributed by atoms with Gasteiger partial charge in [-0.05, 0) is 24.6 Å². The number of aromatic nitrogens is 1. The zero-order chi connectivity index (χ0) is 12.4. The number of benzene rings is 1. The molecule has 2 rings (SSSR count). The van der Waals surface area contributed by atoms with Gasteiger partial charge in [0.05, 0.1) is 6.20 Å². The summed E-state index contributed by atoms with van der Waals surface area (Å²) in [5, 5.41) is 10.2. The fraction of sp³-hybridized carbons (Fsp3) is 0.154. The van der Waals surface area contributed by atoms with Gasteiger partial charge in [-0.2, -0.15) is 0 Å². The van der Waals surface area contributed by atoms with E-state index in [1.807, 2.05) is 25.1 Å². The highest BCUT2D eigenvalue weighted by Crippen LogP contribution is 2.30. The summed E-state index contributed by atoms with van der Waals surface area (Å²) in [5.74, 6) is -0.506. The first-order valence-electron chi connectivity index (χ1n) is 5.13. The molecule has 0 amide bonds. The smallest absolute Gasteiger partial charge is 0.147 e. The van der Waals surface area contributed by atoms with Gasteiger partial charge >= 0.3 is 0 Å². The molecule has 2 aromatic rings. The molecule has 2 nitrogen and oxygen atoms in total. The van der Waals surface area contributed by atoms with Crippen molar-refractivity contribution in [2.45, 2.75) is 13.0 Å². The highest BCUT2D eigenvalue weighted by atomic mass is 79.9. The van der Waals surface area contributed by atoms with E-state index < -0.39 is 11.9 Å². The zero-order valence-electron chi connectivity index (χ0n) is 9.19. The van der Waals surface area contributed by atoms with Gasteiger partial charge in [-0.25, -0.2) is 4.39 Å². The molecule has 0 aliphatic carbocycles. The molecular formula is C13H11BrFNO. The SMILES string of the molecule is Cc1ccc(Br)c(C(O)c2ccncc2F)c1. The molecule has 1 atom stereocenters. The molecule has 0 spiro atoms. The lowest BCUT2D eigenvalue weighted by Crippen LogP contribution is -2.04. The van der Waals surface area contributed by atoms with E-state index in [-0.39, 0.29) is 5.56 Å². The summed E-state index contributed by atoms with van der Waals surface area (Å²) in [6.07, 6.45) is 1.57. The van der Waals surface area contributed by atoms with Gasteiger partial charge in [0, 0.05) is 16.2 Å². The van der Waals surface area contributed by atoms with Gasteiger partial charge in [0.25, 0.3) is 0 Å². The molecule has 17 heavy (non-hydrogen) atoms. The third-order valence-electron chi connectivity index (χ3n) is 2.54. The standard InChI is InChI=1S/C13H11BrFNO/c1-8-2-3-11(14)10(6-8)13(17)9-4-5-16-7-12(9)15/h2-7,13,17H,1H3. The van der Waals surface area contributed by atoms with E-state index >= 15 is 0 Å². The van der Waals surface area contributed by atoms with Crippen LogP contribution in [0.5, 0.6) is 0 Å². The van der Waals surface area contributed by atoms with Gasteiger partial charge < -0.3 is 5.11 Å². The summed E-state index contributed by atoms with van der Waals surface area (Å²) in [6, 6.07) is 7.07. The van der Waals surface area contributed by atoms with E-state index in [1.54, 1.807) is 0 Å². The normalized spacial score (nSPS) is 12.5. The third-order valence-corrected chi connectivity index (χ3v) is 3.27. The molecule has 4 heteroatoms. The van der Waals surface area contributed by atoms with Crippen molar-refractivity contribution in [3.63, 3.8) is 0 Å². The number of nitrogens with zero attached hydrogens (tertiary/aromatic N) is 1. The van der Waals surface area contributed by atoms with Gasteiger partial charge in [0.1, 0.15) is 11.9 Å². The van der Waals surface area contributed by atoms with Gasteiger partial charge in [-0.3, -0.25) is 4.98 Å². The lowest BCUT2D eigenvalue weighted by atomic mass is 10.0. The van der Waals surface area contributed by atoms with Crippen molar-refractivity contribution in [3.8, 4) is 0 Å². The summed E-state index contributed by atoms with van der Waals surface area (Å²) >= 11 is 3.35. The van der Waals surface area contributed by atoms with Crippen LogP contribution in [0.15, 0.2) is 41.1 Å². The summed E-state index contributed by atoms with van der Waals surface area (Å²) in [6.45, 7) is 1.92. The van der Waals surface area contributed by atoms with E-state index in [2.05, 4.69) is 20.9 Å². The van der Waals surface area contributed by atoms with Crippen LogP contribution >= 0.6 is 15.9 Å². The van der Waals surface area contributed by atoms with Gasteiger partial charge in [0.15, 0.2) is 0 Å². The zero-order valence-corrected chi connectivity index (χ0v) is 10.8. The van der Waals surface area contributed by atoms with E-state index in [4.69, 9.17) is 0 Å².